The van der Waals surface area contributed by atoms with Crippen molar-refractivity contribution in [2.24, 2.45) is 0 Å². The molecule has 80 valence electrons. The molecule has 0 fully saturated rings. The fourth-order valence-corrected chi connectivity index (χ4v) is 0.973. The molecule has 0 radical (unpaired) electrons. The van der Waals surface area contributed by atoms with Crippen LogP contribution in [0.3, 0.4) is 0 Å². The first kappa shape index (κ1) is 14.2. The summed E-state index contributed by atoms with van der Waals surface area (Å²) in [6.07, 6.45) is 3.37. The van der Waals surface area contributed by atoms with E-state index in [0.717, 1.165) is 0 Å². The number of aromatic nitrogens is 2. The van der Waals surface area contributed by atoms with E-state index >= 15 is 0 Å². The van der Waals surface area contributed by atoms with Crippen molar-refractivity contribution >= 4 is 25.3 Å². The molecule has 0 aliphatic rings. The summed E-state index contributed by atoms with van der Waals surface area (Å²) in [5, 5.41) is 1.31. The normalized spacial score (nSPS) is 8.00. The predicted octanol–water partition coefficient (Wildman–Crippen LogP) is 1.97. The molecule has 0 saturated carbocycles. The summed E-state index contributed by atoms with van der Waals surface area (Å²) in [5.41, 5.74) is 0. The van der Waals surface area contributed by atoms with Crippen LogP contribution in [0.25, 0.3) is 0 Å². The molecule has 2 aromatic rings. The van der Waals surface area contributed by atoms with Crippen LogP contribution in [0.4, 0.5) is 0 Å². The minimum Gasteiger partial charge on any atom is -0.760 e. The van der Waals surface area contributed by atoms with E-state index in [0.29, 0.717) is 10.1 Å². The molecule has 15 heavy (non-hydrogen) atoms. The third-order valence-corrected chi connectivity index (χ3v) is 1.76. The monoisotopic (exact) mass is 278 g/mol. The van der Waals surface area contributed by atoms with Crippen molar-refractivity contribution in [1.29, 1.82) is 0 Å². The maximum Gasteiger partial charge on any atom is 2.00 e. The first-order valence-corrected chi connectivity index (χ1v) is 4.77. The zero-order chi connectivity index (χ0) is 10.2. The molecular formula is C10H8N2NiS2. The Labute approximate surface area is 110 Å². The molecule has 0 aromatic carbocycles. The second kappa shape index (κ2) is 8.53. The third kappa shape index (κ3) is 7.20. The summed E-state index contributed by atoms with van der Waals surface area (Å²) in [6.45, 7) is 0. The Bertz CT molecular complexity index is 319. The van der Waals surface area contributed by atoms with Gasteiger partial charge in [0.1, 0.15) is 0 Å². The van der Waals surface area contributed by atoms with Gasteiger partial charge in [-0.15, -0.1) is 0 Å². The van der Waals surface area contributed by atoms with E-state index in [1.54, 1.807) is 24.5 Å². The standard InChI is InChI=1S/2C5H5NS.Ni/c2*7-5-3-1-2-4-6-5;/h2*1-4H,(H,6,7);/q;;+2/p-2. The van der Waals surface area contributed by atoms with Crippen molar-refractivity contribution < 1.29 is 16.5 Å². The molecule has 0 aliphatic carbocycles. The molecule has 2 aromatic heterocycles. The SMILES string of the molecule is [Ni+2].[S-]c1ccccn1.[S-]c1ccccn1. The van der Waals surface area contributed by atoms with Gasteiger partial charge < -0.3 is 25.3 Å². The Balaban J connectivity index is 0.000000245. The molecule has 0 N–H and O–H groups in total. The second-order valence-electron chi connectivity index (χ2n) is 2.34. The van der Waals surface area contributed by atoms with Gasteiger partial charge in [-0.2, -0.15) is 0 Å². The van der Waals surface area contributed by atoms with E-state index in [-0.39, 0.29) is 16.5 Å². The summed E-state index contributed by atoms with van der Waals surface area (Å²) in [4.78, 5) is 7.59. The molecule has 0 aliphatic heterocycles. The number of nitrogens with zero attached hydrogens (tertiary/aromatic N) is 2. The fraction of sp³-hybridized carbons (Fsp3) is 0. The average molecular weight is 279 g/mol. The van der Waals surface area contributed by atoms with E-state index in [1.807, 2.05) is 24.3 Å². The zero-order valence-corrected chi connectivity index (χ0v) is 10.3. The molecule has 0 spiro atoms. The van der Waals surface area contributed by atoms with Gasteiger partial charge >= 0.3 is 16.5 Å². The van der Waals surface area contributed by atoms with E-state index < -0.39 is 0 Å². The fourth-order valence-electron chi connectivity index (χ4n) is 0.694. The minimum atomic E-state index is 0. The summed E-state index contributed by atoms with van der Waals surface area (Å²) in [7, 11) is 0. The Morgan fingerprint density at radius 3 is 1.27 bits per heavy atom. The predicted molar refractivity (Wildman–Crippen MR) is 59.7 cm³/mol. The van der Waals surface area contributed by atoms with Crippen molar-refractivity contribution in [2.75, 3.05) is 0 Å². The van der Waals surface area contributed by atoms with Crippen LogP contribution in [0.2, 0.25) is 0 Å². The average Bonchev–Trinajstić information content (AvgIpc) is 2.21. The van der Waals surface area contributed by atoms with Crippen LogP contribution in [0.5, 0.6) is 0 Å². The van der Waals surface area contributed by atoms with Crippen LogP contribution in [-0.2, 0) is 41.7 Å². The molecule has 0 saturated heterocycles. The summed E-state index contributed by atoms with van der Waals surface area (Å²) in [6, 6.07) is 11.0. The molecule has 5 heteroatoms. The van der Waals surface area contributed by atoms with Crippen LogP contribution >= 0.6 is 0 Å². The van der Waals surface area contributed by atoms with E-state index in [4.69, 9.17) is 25.3 Å². The van der Waals surface area contributed by atoms with Crippen LogP contribution in [0.1, 0.15) is 0 Å². The maximum absolute atomic E-state index is 4.70. The first-order chi connectivity index (χ1) is 6.79. The van der Waals surface area contributed by atoms with E-state index in [2.05, 4.69) is 9.97 Å². The smallest absolute Gasteiger partial charge is 0.760 e. The van der Waals surface area contributed by atoms with Gasteiger partial charge in [0.25, 0.3) is 0 Å². The van der Waals surface area contributed by atoms with Crippen LogP contribution in [-0.4, -0.2) is 9.97 Å². The largest absolute Gasteiger partial charge is 2.00 e. The van der Waals surface area contributed by atoms with Crippen molar-refractivity contribution in [3.63, 3.8) is 0 Å². The number of pyridine rings is 2. The topological polar surface area (TPSA) is 25.8 Å². The molecule has 0 amide bonds. The van der Waals surface area contributed by atoms with Gasteiger partial charge in [-0.3, -0.25) is 9.97 Å². The van der Waals surface area contributed by atoms with Crippen molar-refractivity contribution in [1.82, 2.24) is 9.97 Å². The second-order valence-corrected chi connectivity index (χ2v) is 3.17. The van der Waals surface area contributed by atoms with E-state index in [1.165, 1.54) is 0 Å². The van der Waals surface area contributed by atoms with Gasteiger partial charge in [0, 0.05) is 12.4 Å². The molecule has 0 unspecified atom stereocenters. The molecular weight excluding hydrogens is 271 g/mol. The van der Waals surface area contributed by atoms with Gasteiger partial charge in [-0.25, -0.2) is 0 Å². The van der Waals surface area contributed by atoms with Gasteiger partial charge in [0.15, 0.2) is 0 Å². The maximum atomic E-state index is 4.70. The van der Waals surface area contributed by atoms with Crippen molar-refractivity contribution in [3.8, 4) is 0 Å². The van der Waals surface area contributed by atoms with Crippen LogP contribution < -0.4 is 0 Å². The zero-order valence-electron chi connectivity index (χ0n) is 7.65. The molecule has 0 atom stereocenters. The Hall–Kier alpha value is -0.766. The summed E-state index contributed by atoms with van der Waals surface area (Å²) >= 11 is 9.40. The van der Waals surface area contributed by atoms with Gasteiger partial charge in [-0.1, -0.05) is 34.3 Å². The Morgan fingerprint density at radius 2 is 1.13 bits per heavy atom. The first-order valence-electron chi connectivity index (χ1n) is 3.95. The summed E-state index contributed by atoms with van der Waals surface area (Å²) in [5.74, 6) is 0. The van der Waals surface area contributed by atoms with Crippen molar-refractivity contribution in [2.45, 2.75) is 10.1 Å². The number of hydrogen-bond donors (Lipinski definition) is 0. The van der Waals surface area contributed by atoms with Crippen LogP contribution in [0, 0.1) is 0 Å². The quantitative estimate of drug-likeness (QED) is 0.544. The number of hydrogen-bond acceptors (Lipinski definition) is 4. The number of rotatable bonds is 0. The molecule has 2 nitrogen and oxygen atoms in total. The summed E-state index contributed by atoms with van der Waals surface area (Å²) < 4.78 is 0. The molecule has 0 bridgehead atoms. The van der Waals surface area contributed by atoms with Gasteiger partial charge in [-0.05, 0) is 12.1 Å². The molecule has 2 rings (SSSR count). The van der Waals surface area contributed by atoms with Gasteiger partial charge in [0.2, 0.25) is 0 Å². The van der Waals surface area contributed by atoms with Gasteiger partial charge in [0.05, 0.1) is 0 Å². The minimum absolute atomic E-state index is 0. The van der Waals surface area contributed by atoms with Crippen LogP contribution in [0.15, 0.2) is 58.8 Å². The van der Waals surface area contributed by atoms with E-state index in [9.17, 15) is 0 Å². The Kier molecular flexibility index (Phi) is 8.10. The van der Waals surface area contributed by atoms with Crippen molar-refractivity contribution in [3.05, 3.63) is 48.8 Å². The Morgan fingerprint density at radius 1 is 0.733 bits per heavy atom. The molecule has 2 heterocycles. The third-order valence-electron chi connectivity index (χ3n) is 1.28.